The van der Waals surface area contributed by atoms with Gasteiger partial charge in [0.2, 0.25) is 0 Å². The van der Waals surface area contributed by atoms with E-state index in [1.54, 1.807) is 0 Å². The zero-order valence-corrected chi connectivity index (χ0v) is 5.72. The average molecular weight is 134 g/mol. The molecule has 2 rings (SSSR count). The van der Waals surface area contributed by atoms with Gasteiger partial charge >= 0.3 is 0 Å². The molecule has 0 aliphatic carbocycles. The summed E-state index contributed by atoms with van der Waals surface area (Å²) in [5.41, 5.74) is 2.78. The van der Waals surface area contributed by atoms with Crippen molar-refractivity contribution in [2.24, 2.45) is 0 Å². The van der Waals surface area contributed by atoms with Gasteiger partial charge in [-0.25, -0.2) is 0 Å². The van der Waals surface area contributed by atoms with Gasteiger partial charge in [-0.1, -0.05) is 6.08 Å². The Labute approximate surface area is 60.3 Å². The second-order valence-corrected chi connectivity index (χ2v) is 2.49. The number of allylic oxidation sites excluding steroid dienone is 2. The van der Waals surface area contributed by atoms with E-state index in [1.807, 2.05) is 12.3 Å². The maximum absolute atomic E-state index is 3.28. The highest BCUT2D eigenvalue weighted by Gasteiger charge is 2.11. The summed E-state index contributed by atoms with van der Waals surface area (Å²) < 4.78 is 0. The molecule has 2 aliphatic heterocycles. The quantitative estimate of drug-likeness (QED) is 0.504. The van der Waals surface area contributed by atoms with E-state index in [4.69, 9.17) is 0 Å². The number of fused-ring (bicyclic) bond motifs is 1. The summed E-state index contributed by atoms with van der Waals surface area (Å²) in [6.45, 7) is 2.01. The molecule has 0 atom stereocenters. The summed E-state index contributed by atoms with van der Waals surface area (Å²) >= 11 is 0. The Bertz CT molecular complexity index is 223. The van der Waals surface area contributed by atoms with E-state index in [1.165, 1.54) is 11.1 Å². The Hall–Kier alpha value is -1.02. The van der Waals surface area contributed by atoms with Gasteiger partial charge in [0.05, 0.1) is 0 Å². The number of hydrogen-bond acceptors (Lipinski definition) is 2. The zero-order chi connectivity index (χ0) is 6.81. The highest BCUT2D eigenvalue weighted by molar-refractivity contribution is 5.40. The Morgan fingerprint density at radius 1 is 1.20 bits per heavy atom. The van der Waals surface area contributed by atoms with Gasteiger partial charge in [-0.05, 0) is 17.2 Å². The lowest BCUT2D eigenvalue weighted by Crippen LogP contribution is -2.06. The van der Waals surface area contributed by atoms with Crippen LogP contribution in [-0.4, -0.2) is 13.1 Å². The molecule has 0 bridgehead atoms. The monoisotopic (exact) mass is 134 g/mol. The van der Waals surface area contributed by atoms with Crippen molar-refractivity contribution in [3.05, 3.63) is 35.7 Å². The first kappa shape index (κ1) is 5.74. The van der Waals surface area contributed by atoms with Gasteiger partial charge in [0.15, 0.2) is 0 Å². The minimum atomic E-state index is 1.00. The smallest absolute Gasteiger partial charge is 0.0226 e. The maximum atomic E-state index is 3.28. The maximum Gasteiger partial charge on any atom is 0.0226 e. The third-order valence-corrected chi connectivity index (χ3v) is 1.79. The van der Waals surface area contributed by atoms with Crippen molar-refractivity contribution in [3.63, 3.8) is 0 Å². The van der Waals surface area contributed by atoms with Crippen LogP contribution in [0.2, 0.25) is 0 Å². The largest absolute Gasteiger partial charge is 0.367 e. The van der Waals surface area contributed by atoms with E-state index in [0.717, 1.165) is 13.1 Å². The Morgan fingerprint density at radius 2 is 2.10 bits per heavy atom. The zero-order valence-electron chi connectivity index (χ0n) is 5.72. The van der Waals surface area contributed by atoms with Gasteiger partial charge in [-0.2, -0.15) is 0 Å². The van der Waals surface area contributed by atoms with Crippen molar-refractivity contribution in [2.75, 3.05) is 13.1 Å². The normalized spacial score (nSPS) is 22.4. The molecule has 0 saturated carbocycles. The molecule has 1 saturated heterocycles. The minimum absolute atomic E-state index is 1.00. The van der Waals surface area contributed by atoms with Crippen molar-refractivity contribution in [1.29, 1.82) is 0 Å². The molecule has 2 heterocycles. The van der Waals surface area contributed by atoms with Crippen LogP contribution >= 0.6 is 0 Å². The molecule has 0 aromatic carbocycles. The lowest BCUT2D eigenvalue weighted by molar-refractivity contribution is 0.892. The number of nitrogens with one attached hydrogen (secondary N) is 2. The van der Waals surface area contributed by atoms with Crippen LogP contribution in [0.5, 0.6) is 0 Å². The fraction of sp³-hybridized carbons (Fsp3) is 0.250. The predicted molar refractivity (Wildman–Crippen MR) is 41.3 cm³/mol. The van der Waals surface area contributed by atoms with Crippen LogP contribution in [0.15, 0.2) is 35.7 Å². The summed E-state index contributed by atoms with van der Waals surface area (Å²) in [4.78, 5) is 0. The highest BCUT2D eigenvalue weighted by atomic mass is 14.9. The molecule has 2 nitrogen and oxygen atoms in total. The molecule has 2 heteroatoms. The van der Waals surface area contributed by atoms with Crippen LogP contribution in [0.1, 0.15) is 0 Å². The SMILES string of the molecule is C1=CNC=C2CNCC2=C1. The molecule has 2 N–H and O–H groups in total. The second-order valence-electron chi connectivity index (χ2n) is 2.49. The Morgan fingerprint density at radius 3 is 3.10 bits per heavy atom. The van der Waals surface area contributed by atoms with E-state index in [2.05, 4.69) is 22.9 Å². The Balaban J connectivity index is 2.34. The van der Waals surface area contributed by atoms with Crippen LogP contribution in [0, 0.1) is 0 Å². The second kappa shape index (κ2) is 2.31. The summed E-state index contributed by atoms with van der Waals surface area (Å²) in [5.74, 6) is 0. The molecule has 0 aromatic rings. The van der Waals surface area contributed by atoms with Gasteiger partial charge in [0, 0.05) is 25.5 Å². The summed E-state index contributed by atoms with van der Waals surface area (Å²) in [7, 11) is 0. The standard InChI is InChI=1S/C8H10N2/c1-2-7-4-10-6-8(7)5-9-3-1/h1-3,5,9-10H,4,6H2. The van der Waals surface area contributed by atoms with Gasteiger partial charge in [-0.15, -0.1) is 0 Å². The molecule has 0 amide bonds. The topological polar surface area (TPSA) is 24.1 Å². The summed E-state index contributed by atoms with van der Waals surface area (Å²) in [6, 6.07) is 0. The van der Waals surface area contributed by atoms with E-state index in [9.17, 15) is 0 Å². The fourth-order valence-electron chi connectivity index (χ4n) is 1.24. The molecule has 2 aliphatic rings. The molecule has 0 spiro atoms. The molecular formula is C8H10N2. The molecule has 10 heavy (non-hydrogen) atoms. The van der Waals surface area contributed by atoms with Crippen molar-refractivity contribution < 1.29 is 0 Å². The van der Waals surface area contributed by atoms with Gasteiger partial charge in [-0.3, -0.25) is 0 Å². The van der Waals surface area contributed by atoms with Crippen LogP contribution < -0.4 is 10.6 Å². The van der Waals surface area contributed by atoms with E-state index in [-0.39, 0.29) is 0 Å². The van der Waals surface area contributed by atoms with Gasteiger partial charge in [0.1, 0.15) is 0 Å². The molecule has 0 radical (unpaired) electrons. The molecule has 1 fully saturated rings. The highest BCUT2D eigenvalue weighted by Crippen LogP contribution is 2.14. The lowest BCUT2D eigenvalue weighted by Gasteiger charge is -1.93. The van der Waals surface area contributed by atoms with Crippen molar-refractivity contribution in [1.82, 2.24) is 10.6 Å². The van der Waals surface area contributed by atoms with Crippen molar-refractivity contribution >= 4 is 0 Å². The van der Waals surface area contributed by atoms with Crippen LogP contribution in [0.25, 0.3) is 0 Å². The summed E-state index contributed by atoms with van der Waals surface area (Å²) in [5, 5.41) is 6.37. The van der Waals surface area contributed by atoms with E-state index >= 15 is 0 Å². The first-order valence-corrected chi connectivity index (χ1v) is 3.49. The van der Waals surface area contributed by atoms with E-state index in [0.29, 0.717) is 0 Å². The molecule has 0 aromatic heterocycles. The minimum Gasteiger partial charge on any atom is -0.367 e. The molecule has 52 valence electrons. The first-order valence-electron chi connectivity index (χ1n) is 3.49. The Kier molecular flexibility index (Phi) is 1.32. The van der Waals surface area contributed by atoms with Crippen molar-refractivity contribution in [2.45, 2.75) is 0 Å². The number of hydrogen-bond donors (Lipinski definition) is 2. The third kappa shape index (κ3) is 0.866. The third-order valence-electron chi connectivity index (χ3n) is 1.79. The average Bonchev–Trinajstić information content (AvgIpc) is 2.28. The lowest BCUT2D eigenvalue weighted by atomic mass is 10.1. The van der Waals surface area contributed by atoms with Crippen LogP contribution in [0.4, 0.5) is 0 Å². The fourth-order valence-corrected chi connectivity index (χ4v) is 1.24. The summed E-state index contributed by atoms with van der Waals surface area (Å²) in [6.07, 6.45) is 8.17. The predicted octanol–water partition coefficient (Wildman–Crippen LogP) is 0.517. The van der Waals surface area contributed by atoms with Crippen LogP contribution in [-0.2, 0) is 0 Å². The van der Waals surface area contributed by atoms with Gasteiger partial charge < -0.3 is 10.6 Å². The first-order chi connectivity index (χ1) is 4.97. The van der Waals surface area contributed by atoms with Crippen LogP contribution in [0.3, 0.4) is 0 Å². The van der Waals surface area contributed by atoms with E-state index < -0.39 is 0 Å². The number of rotatable bonds is 0. The molecular weight excluding hydrogens is 124 g/mol. The van der Waals surface area contributed by atoms with Gasteiger partial charge in [0.25, 0.3) is 0 Å². The molecule has 0 unspecified atom stereocenters. The van der Waals surface area contributed by atoms with Crippen molar-refractivity contribution in [3.8, 4) is 0 Å².